The number of rotatable bonds is 8. The van der Waals surface area contributed by atoms with Crippen molar-refractivity contribution in [1.29, 1.82) is 0 Å². The predicted molar refractivity (Wildman–Crippen MR) is 76.1 cm³/mol. The number of amides is 2. The summed E-state index contributed by atoms with van der Waals surface area (Å²) in [6.45, 7) is 1.83. The first-order chi connectivity index (χ1) is 10.0. The van der Waals surface area contributed by atoms with Gasteiger partial charge in [0.25, 0.3) is 0 Å². The number of nitrogens with zero attached hydrogens (tertiary/aromatic N) is 2. The molecular formula is C10H12N3O5S3-. The lowest BCUT2D eigenvalue weighted by Gasteiger charge is -2.02. The van der Waals surface area contributed by atoms with E-state index in [9.17, 15) is 19.5 Å². The first kappa shape index (κ1) is 17.7. The number of carbonyl (C=O) groups is 3. The summed E-state index contributed by atoms with van der Waals surface area (Å²) in [4.78, 5) is 32.7. The number of carboxylic acid groups (broad SMARTS) is 1. The van der Waals surface area contributed by atoms with Crippen molar-refractivity contribution in [3.8, 4) is 0 Å². The highest BCUT2D eigenvalue weighted by atomic mass is 32.2. The maximum Gasteiger partial charge on any atom is 0.413 e. The fraction of sp³-hybridized carbons (Fsp3) is 0.500. The molecule has 0 spiro atoms. The van der Waals surface area contributed by atoms with Gasteiger partial charge in [0.05, 0.1) is 12.4 Å². The van der Waals surface area contributed by atoms with Crippen molar-refractivity contribution >= 4 is 52.8 Å². The van der Waals surface area contributed by atoms with Crippen LogP contribution < -0.4 is 10.4 Å². The lowest BCUT2D eigenvalue weighted by atomic mass is 10.5. The predicted octanol–water partition coefficient (Wildman–Crippen LogP) is 0.135. The summed E-state index contributed by atoms with van der Waals surface area (Å²) in [7, 11) is 0. The Morgan fingerprint density at radius 3 is 2.57 bits per heavy atom. The molecule has 11 heteroatoms. The zero-order valence-corrected chi connectivity index (χ0v) is 13.4. The number of carbonyl (C=O) groups excluding carboxylic acids is 3. The summed E-state index contributed by atoms with van der Waals surface area (Å²) in [6, 6.07) is 0. The Hall–Kier alpha value is -1.33. The number of aromatic nitrogens is 2. The Labute approximate surface area is 133 Å². The van der Waals surface area contributed by atoms with E-state index in [0.29, 0.717) is 14.4 Å². The molecule has 1 aromatic rings. The Morgan fingerprint density at radius 2 is 1.95 bits per heavy atom. The third kappa shape index (κ3) is 7.87. The van der Waals surface area contributed by atoms with Crippen LogP contribution in [0.1, 0.15) is 13.3 Å². The Kier molecular flexibility index (Phi) is 8.08. The molecule has 1 N–H and O–H groups in total. The number of hydrogen-bond acceptors (Lipinski definition) is 10. The van der Waals surface area contributed by atoms with E-state index in [1.807, 2.05) is 0 Å². The van der Waals surface area contributed by atoms with Gasteiger partial charge < -0.3 is 14.6 Å². The number of nitrogens with one attached hydrogen (secondary N) is 1. The van der Waals surface area contributed by atoms with E-state index in [-0.39, 0.29) is 18.8 Å². The van der Waals surface area contributed by atoms with Gasteiger partial charge in [0.15, 0.2) is 8.68 Å². The summed E-state index contributed by atoms with van der Waals surface area (Å²) in [6.07, 6.45) is -0.840. The van der Waals surface area contributed by atoms with E-state index in [2.05, 4.69) is 20.3 Å². The van der Waals surface area contributed by atoms with E-state index >= 15 is 0 Å². The number of alkyl carbamates (subject to hydrolysis) is 1. The Morgan fingerprint density at radius 1 is 1.29 bits per heavy atom. The molecule has 1 aromatic heterocycles. The molecule has 0 saturated heterocycles. The standard InChI is InChI=1S/C10H13N3O5S3/c1-2-18-8(17)11-6(14)5-20-10-13-12-9(21-10)19-4-3-7(15)16/h2-5H2,1H3,(H,15,16)(H,11,14,17)/p-1. The van der Waals surface area contributed by atoms with Gasteiger partial charge in [0.2, 0.25) is 5.91 Å². The zero-order chi connectivity index (χ0) is 15.7. The van der Waals surface area contributed by atoms with Gasteiger partial charge in [-0.3, -0.25) is 10.1 Å². The number of ether oxygens (including phenoxy) is 1. The average molecular weight is 350 g/mol. The van der Waals surface area contributed by atoms with Crippen molar-refractivity contribution in [3.05, 3.63) is 0 Å². The number of imide groups is 1. The molecule has 0 saturated carbocycles. The monoisotopic (exact) mass is 350 g/mol. The van der Waals surface area contributed by atoms with Gasteiger partial charge in [-0.15, -0.1) is 10.2 Å². The molecule has 1 rings (SSSR count). The third-order valence-electron chi connectivity index (χ3n) is 1.76. The van der Waals surface area contributed by atoms with Gasteiger partial charge in [-0.1, -0.05) is 34.9 Å². The quantitative estimate of drug-likeness (QED) is 0.652. The summed E-state index contributed by atoms with van der Waals surface area (Å²) in [5.74, 6) is -1.24. The van der Waals surface area contributed by atoms with E-state index in [4.69, 9.17) is 0 Å². The smallest absolute Gasteiger partial charge is 0.413 e. The molecule has 0 aliphatic heterocycles. The molecule has 0 atom stereocenters. The van der Waals surface area contributed by atoms with Crippen LogP contribution in [0.25, 0.3) is 0 Å². The van der Waals surface area contributed by atoms with Crippen LogP contribution in [0.5, 0.6) is 0 Å². The highest BCUT2D eigenvalue weighted by Crippen LogP contribution is 2.28. The number of aliphatic carboxylic acids is 1. The molecule has 0 fully saturated rings. The molecule has 0 bridgehead atoms. The van der Waals surface area contributed by atoms with Crippen molar-refractivity contribution in [2.75, 3.05) is 18.1 Å². The van der Waals surface area contributed by atoms with Crippen molar-refractivity contribution in [2.45, 2.75) is 22.0 Å². The SMILES string of the molecule is CCOC(=O)NC(=O)CSc1nnc(SCCC(=O)[O-])s1. The third-order valence-corrected chi connectivity index (χ3v) is 4.95. The minimum absolute atomic E-state index is 0.0111. The fourth-order valence-electron chi connectivity index (χ4n) is 0.980. The van der Waals surface area contributed by atoms with Crippen LogP contribution in [0.4, 0.5) is 4.79 Å². The lowest BCUT2D eigenvalue weighted by molar-refractivity contribution is -0.305. The van der Waals surface area contributed by atoms with Crippen molar-refractivity contribution < 1.29 is 24.2 Å². The van der Waals surface area contributed by atoms with Gasteiger partial charge in [-0.25, -0.2) is 4.79 Å². The first-order valence-corrected chi connectivity index (χ1v) is 8.55. The molecule has 0 aliphatic rings. The number of hydrogen-bond donors (Lipinski definition) is 1. The van der Waals surface area contributed by atoms with Crippen molar-refractivity contribution in [2.24, 2.45) is 0 Å². The van der Waals surface area contributed by atoms with E-state index < -0.39 is 18.0 Å². The summed E-state index contributed by atoms with van der Waals surface area (Å²) < 4.78 is 5.75. The summed E-state index contributed by atoms with van der Waals surface area (Å²) in [5.41, 5.74) is 0. The molecule has 2 amide bonds. The maximum atomic E-state index is 11.4. The Balaban J connectivity index is 2.29. The van der Waals surface area contributed by atoms with Crippen molar-refractivity contribution in [1.82, 2.24) is 15.5 Å². The van der Waals surface area contributed by atoms with E-state index in [1.54, 1.807) is 6.92 Å². The van der Waals surface area contributed by atoms with Crippen LogP contribution in [-0.2, 0) is 14.3 Å². The van der Waals surface area contributed by atoms with Gasteiger partial charge in [0.1, 0.15) is 0 Å². The number of carboxylic acids is 1. The molecule has 21 heavy (non-hydrogen) atoms. The second kappa shape index (κ2) is 9.58. The lowest BCUT2D eigenvalue weighted by Crippen LogP contribution is -2.32. The molecule has 0 aromatic carbocycles. The molecule has 0 unspecified atom stereocenters. The minimum atomic E-state index is -1.11. The van der Waals surface area contributed by atoms with Gasteiger partial charge in [-0.05, 0) is 13.3 Å². The van der Waals surface area contributed by atoms with Crippen molar-refractivity contribution in [3.63, 3.8) is 0 Å². The van der Waals surface area contributed by atoms with Gasteiger partial charge in [-0.2, -0.15) is 0 Å². The van der Waals surface area contributed by atoms with E-state index in [0.717, 1.165) is 11.8 Å². The zero-order valence-electron chi connectivity index (χ0n) is 11.0. The normalized spacial score (nSPS) is 10.1. The second-order valence-electron chi connectivity index (χ2n) is 3.36. The minimum Gasteiger partial charge on any atom is -0.550 e. The largest absolute Gasteiger partial charge is 0.550 e. The van der Waals surface area contributed by atoms with Crippen LogP contribution in [0.3, 0.4) is 0 Å². The number of thioether (sulfide) groups is 2. The topological polar surface area (TPSA) is 121 Å². The van der Waals surface area contributed by atoms with Crippen LogP contribution in [0, 0.1) is 0 Å². The molecular weight excluding hydrogens is 338 g/mol. The summed E-state index contributed by atoms with van der Waals surface area (Å²) in [5, 5.41) is 20.0. The first-order valence-electron chi connectivity index (χ1n) is 5.76. The fourth-order valence-corrected chi connectivity index (χ4v) is 3.79. The summed E-state index contributed by atoms with van der Waals surface area (Å²) >= 11 is 3.64. The Bertz CT molecular complexity index is 508. The molecule has 116 valence electrons. The van der Waals surface area contributed by atoms with Crippen LogP contribution in [0.15, 0.2) is 8.68 Å². The highest BCUT2D eigenvalue weighted by Gasteiger charge is 2.11. The molecule has 0 aliphatic carbocycles. The molecule has 1 heterocycles. The maximum absolute atomic E-state index is 11.4. The average Bonchev–Trinajstić information content (AvgIpc) is 2.84. The van der Waals surface area contributed by atoms with Gasteiger partial charge in [0, 0.05) is 11.7 Å². The van der Waals surface area contributed by atoms with Crippen LogP contribution >= 0.6 is 34.9 Å². The van der Waals surface area contributed by atoms with Crippen LogP contribution in [-0.4, -0.2) is 46.3 Å². The molecule has 0 radical (unpaired) electrons. The van der Waals surface area contributed by atoms with Gasteiger partial charge >= 0.3 is 6.09 Å². The van der Waals surface area contributed by atoms with E-state index in [1.165, 1.54) is 23.1 Å². The highest BCUT2D eigenvalue weighted by molar-refractivity contribution is 8.03. The molecule has 8 nitrogen and oxygen atoms in total. The van der Waals surface area contributed by atoms with Crippen LogP contribution in [0.2, 0.25) is 0 Å². The second-order valence-corrected chi connectivity index (χ2v) is 6.90.